The zero-order chi connectivity index (χ0) is 17.6. The van der Waals surface area contributed by atoms with Crippen LogP contribution in [0.5, 0.6) is 0 Å². The third-order valence-electron chi connectivity index (χ3n) is 5.94. The fourth-order valence-electron chi connectivity index (χ4n) is 3.94. The van der Waals surface area contributed by atoms with E-state index in [1.54, 1.807) is 0 Å². The highest BCUT2D eigenvalue weighted by atomic mass is 127. The van der Waals surface area contributed by atoms with Crippen LogP contribution < -0.4 is 0 Å². The highest BCUT2D eigenvalue weighted by molar-refractivity contribution is 14.1. The van der Waals surface area contributed by atoms with Crippen molar-refractivity contribution in [1.82, 2.24) is 0 Å². The predicted molar refractivity (Wildman–Crippen MR) is 117 cm³/mol. The van der Waals surface area contributed by atoms with Gasteiger partial charge in [0.25, 0.3) is 0 Å². The van der Waals surface area contributed by atoms with E-state index in [2.05, 4.69) is 78.9 Å². The topological polar surface area (TPSA) is 0 Å². The number of benzene rings is 2. The lowest BCUT2D eigenvalue weighted by atomic mass is 9.80. The van der Waals surface area contributed by atoms with Crippen LogP contribution >= 0.6 is 22.6 Å². The Morgan fingerprint density at radius 3 is 2.00 bits per heavy atom. The molecular weight excluding hydrogens is 415 g/mol. The molecule has 0 aliphatic heterocycles. The predicted octanol–water partition coefficient (Wildman–Crippen LogP) is 7.14. The van der Waals surface area contributed by atoms with E-state index in [1.807, 2.05) is 0 Å². The van der Waals surface area contributed by atoms with Crippen LogP contribution in [0.25, 0.3) is 0 Å². The van der Waals surface area contributed by atoms with Crippen molar-refractivity contribution in [3.05, 3.63) is 68.3 Å². The third kappa shape index (κ3) is 5.84. The van der Waals surface area contributed by atoms with Gasteiger partial charge < -0.3 is 0 Å². The largest absolute Gasteiger partial charge is 0.0625 e. The lowest BCUT2D eigenvalue weighted by Gasteiger charge is -2.26. The van der Waals surface area contributed by atoms with Crippen LogP contribution in [0.4, 0.5) is 0 Å². The third-order valence-corrected chi connectivity index (χ3v) is 7.10. The Labute approximate surface area is 167 Å². The van der Waals surface area contributed by atoms with Crippen molar-refractivity contribution in [2.45, 2.75) is 65.2 Å². The van der Waals surface area contributed by atoms with E-state index in [-0.39, 0.29) is 0 Å². The van der Waals surface area contributed by atoms with Crippen molar-refractivity contribution >= 4 is 22.6 Å². The Kier molecular flexibility index (Phi) is 6.98. The van der Waals surface area contributed by atoms with Gasteiger partial charge in [0.2, 0.25) is 0 Å². The summed E-state index contributed by atoms with van der Waals surface area (Å²) in [6.07, 6.45) is 10.7. The highest BCUT2D eigenvalue weighted by Crippen LogP contribution is 2.31. The maximum Gasteiger partial charge on any atom is 0.0162 e. The van der Waals surface area contributed by atoms with Gasteiger partial charge in [-0.15, -0.1) is 0 Å². The molecule has 0 heterocycles. The van der Waals surface area contributed by atoms with E-state index in [0.717, 1.165) is 24.7 Å². The quantitative estimate of drug-likeness (QED) is 0.414. The first kappa shape index (κ1) is 18.9. The van der Waals surface area contributed by atoms with Crippen LogP contribution in [0.15, 0.2) is 42.5 Å². The smallest absolute Gasteiger partial charge is 0.0162 e. The van der Waals surface area contributed by atoms with Crippen molar-refractivity contribution in [1.29, 1.82) is 0 Å². The molecule has 0 saturated heterocycles. The molecule has 0 amide bonds. The summed E-state index contributed by atoms with van der Waals surface area (Å²) in [7, 11) is 0. The van der Waals surface area contributed by atoms with Crippen molar-refractivity contribution in [2.24, 2.45) is 11.8 Å². The van der Waals surface area contributed by atoms with Crippen molar-refractivity contribution in [3.8, 4) is 0 Å². The van der Waals surface area contributed by atoms with Crippen LogP contribution in [0.3, 0.4) is 0 Å². The summed E-state index contributed by atoms with van der Waals surface area (Å²) >= 11 is 2.44. The molecule has 0 aromatic heterocycles. The van der Waals surface area contributed by atoms with Gasteiger partial charge in [-0.1, -0.05) is 69.0 Å². The lowest BCUT2D eigenvalue weighted by molar-refractivity contribution is 0.278. The molecule has 1 aliphatic rings. The molecule has 134 valence electrons. The van der Waals surface area contributed by atoms with E-state index < -0.39 is 0 Å². The molecule has 0 N–H and O–H groups in total. The van der Waals surface area contributed by atoms with Gasteiger partial charge in [0, 0.05) is 3.57 Å². The normalized spacial score (nSPS) is 20.6. The molecule has 3 rings (SSSR count). The maximum atomic E-state index is 2.44. The van der Waals surface area contributed by atoms with Gasteiger partial charge in [-0.05, 0) is 95.4 Å². The lowest BCUT2D eigenvalue weighted by Crippen LogP contribution is -2.12. The van der Waals surface area contributed by atoms with E-state index in [1.165, 1.54) is 64.3 Å². The van der Waals surface area contributed by atoms with Gasteiger partial charge in [-0.3, -0.25) is 0 Å². The molecule has 0 nitrogen and oxygen atoms in total. The molecule has 0 unspecified atom stereocenters. The minimum absolute atomic E-state index is 0.965. The van der Waals surface area contributed by atoms with Crippen molar-refractivity contribution in [3.63, 3.8) is 0 Å². The first-order valence-electron chi connectivity index (χ1n) is 9.93. The monoisotopic (exact) mass is 446 g/mol. The number of hydrogen-bond acceptors (Lipinski definition) is 0. The molecule has 2 aromatic carbocycles. The molecule has 1 fully saturated rings. The number of hydrogen-bond donors (Lipinski definition) is 0. The van der Waals surface area contributed by atoms with Crippen LogP contribution in [0, 0.1) is 22.3 Å². The Morgan fingerprint density at radius 2 is 1.36 bits per heavy atom. The van der Waals surface area contributed by atoms with E-state index in [0.29, 0.717) is 0 Å². The second-order valence-electron chi connectivity index (χ2n) is 8.06. The summed E-state index contributed by atoms with van der Waals surface area (Å²) in [5, 5.41) is 0. The van der Waals surface area contributed by atoms with Gasteiger partial charge in [0.1, 0.15) is 0 Å². The second-order valence-corrected chi connectivity index (χ2v) is 9.23. The molecule has 2 aromatic rings. The van der Waals surface area contributed by atoms with Gasteiger partial charge in [-0.2, -0.15) is 0 Å². The van der Waals surface area contributed by atoms with E-state index in [4.69, 9.17) is 0 Å². The molecule has 0 radical (unpaired) electrons. The molecule has 0 spiro atoms. The van der Waals surface area contributed by atoms with Crippen LogP contribution in [-0.4, -0.2) is 0 Å². The number of rotatable bonds is 6. The standard InChI is InChI=1S/C24H31I/c1-18-3-6-20(7-4-18)9-10-21-11-13-22(14-12-21)15-16-23-8-5-19(2)24(25)17-23/h5,8,11-14,17-18,20H,3-4,6-7,9-10,15-16H2,1-2H3. The van der Waals surface area contributed by atoms with E-state index in [9.17, 15) is 0 Å². The zero-order valence-corrected chi connectivity index (χ0v) is 17.9. The Bertz CT molecular complexity index is 663. The average molecular weight is 446 g/mol. The fraction of sp³-hybridized carbons (Fsp3) is 0.500. The van der Waals surface area contributed by atoms with Crippen LogP contribution in [0.2, 0.25) is 0 Å². The van der Waals surface area contributed by atoms with Gasteiger partial charge in [0.15, 0.2) is 0 Å². The molecule has 0 bridgehead atoms. The summed E-state index contributed by atoms with van der Waals surface area (Å²) in [6.45, 7) is 4.59. The summed E-state index contributed by atoms with van der Waals surface area (Å²) in [5.41, 5.74) is 5.81. The summed E-state index contributed by atoms with van der Waals surface area (Å²) in [4.78, 5) is 0. The maximum absolute atomic E-state index is 2.44. The Balaban J connectivity index is 1.46. The summed E-state index contributed by atoms with van der Waals surface area (Å²) in [5.74, 6) is 1.94. The molecular formula is C24H31I. The fourth-order valence-corrected chi connectivity index (χ4v) is 4.52. The van der Waals surface area contributed by atoms with Gasteiger partial charge in [0.05, 0.1) is 0 Å². The van der Waals surface area contributed by atoms with Gasteiger partial charge in [-0.25, -0.2) is 0 Å². The SMILES string of the molecule is Cc1ccc(CCc2ccc(CCC3CCC(C)CC3)cc2)cc1I. The van der Waals surface area contributed by atoms with E-state index >= 15 is 0 Å². The molecule has 1 aliphatic carbocycles. The summed E-state index contributed by atoms with van der Waals surface area (Å²) in [6, 6.07) is 16.3. The first-order valence-corrected chi connectivity index (χ1v) is 11.0. The first-order chi connectivity index (χ1) is 12.1. The van der Waals surface area contributed by atoms with Crippen molar-refractivity contribution < 1.29 is 0 Å². The second kappa shape index (κ2) is 9.21. The average Bonchev–Trinajstić information content (AvgIpc) is 2.63. The summed E-state index contributed by atoms with van der Waals surface area (Å²) < 4.78 is 1.38. The Hall–Kier alpha value is -0.830. The molecule has 1 saturated carbocycles. The number of aryl methyl sites for hydroxylation is 4. The molecule has 1 heteroatoms. The minimum atomic E-state index is 0.965. The minimum Gasteiger partial charge on any atom is -0.0625 e. The highest BCUT2D eigenvalue weighted by Gasteiger charge is 2.17. The van der Waals surface area contributed by atoms with Gasteiger partial charge >= 0.3 is 0 Å². The van der Waals surface area contributed by atoms with Crippen LogP contribution in [0.1, 0.15) is 61.3 Å². The Morgan fingerprint density at radius 1 is 0.800 bits per heavy atom. The van der Waals surface area contributed by atoms with Crippen molar-refractivity contribution in [2.75, 3.05) is 0 Å². The zero-order valence-electron chi connectivity index (χ0n) is 15.7. The molecule has 25 heavy (non-hydrogen) atoms. The molecule has 0 atom stereocenters. The number of halogens is 1. The van der Waals surface area contributed by atoms with Crippen LogP contribution in [-0.2, 0) is 19.3 Å².